The fourth-order valence-corrected chi connectivity index (χ4v) is 2.56. The standard InChI is InChI=1S/C15H21FN2/c1-17-15(14-10-9-13(16)11-18-14)12-7-5-3-2-4-6-8-12/h7,9-11,15,17H,2-6,8H2,1H3/b12-7+. The van der Waals surface area contributed by atoms with E-state index in [1.807, 2.05) is 7.05 Å². The molecule has 1 atom stereocenters. The number of halogens is 1. The van der Waals surface area contributed by atoms with E-state index in [0.717, 1.165) is 18.5 Å². The van der Waals surface area contributed by atoms with E-state index in [9.17, 15) is 4.39 Å². The molecule has 2 rings (SSSR count). The second-order valence-electron chi connectivity index (χ2n) is 4.85. The van der Waals surface area contributed by atoms with Crippen LogP contribution in [0.2, 0.25) is 0 Å². The number of allylic oxidation sites excluding steroid dienone is 1. The van der Waals surface area contributed by atoms with Crippen molar-refractivity contribution in [2.45, 2.75) is 44.6 Å². The molecule has 1 aromatic rings. The van der Waals surface area contributed by atoms with E-state index < -0.39 is 0 Å². The van der Waals surface area contributed by atoms with Crippen molar-refractivity contribution in [1.29, 1.82) is 0 Å². The number of nitrogens with one attached hydrogen (secondary N) is 1. The van der Waals surface area contributed by atoms with Crippen molar-refractivity contribution in [1.82, 2.24) is 10.3 Å². The summed E-state index contributed by atoms with van der Waals surface area (Å²) < 4.78 is 12.9. The summed E-state index contributed by atoms with van der Waals surface area (Å²) in [4.78, 5) is 4.20. The van der Waals surface area contributed by atoms with E-state index in [1.165, 1.54) is 43.5 Å². The molecule has 0 amide bonds. The third-order valence-electron chi connectivity index (χ3n) is 3.53. The van der Waals surface area contributed by atoms with Gasteiger partial charge in [-0.3, -0.25) is 4.98 Å². The fourth-order valence-electron chi connectivity index (χ4n) is 2.56. The van der Waals surface area contributed by atoms with Gasteiger partial charge in [0.1, 0.15) is 5.82 Å². The molecule has 98 valence electrons. The van der Waals surface area contributed by atoms with Crippen LogP contribution in [-0.4, -0.2) is 12.0 Å². The van der Waals surface area contributed by atoms with E-state index in [-0.39, 0.29) is 11.9 Å². The summed E-state index contributed by atoms with van der Waals surface area (Å²) in [5.74, 6) is -0.278. The van der Waals surface area contributed by atoms with Gasteiger partial charge >= 0.3 is 0 Å². The monoisotopic (exact) mass is 248 g/mol. The summed E-state index contributed by atoms with van der Waals surface area (Å²) in [6.45, 7) is 0. The van der Waals surface area contributed by atoms with Crippen LogP contribution in [0.25, 0.3) is 0 Å². The fraction of sp³-hybridized carbons (Fsp3) is 0.533. The summed E-state index contributed by atoms with van der Waals surface area (Å²) in [7, 11) is 1.94. The van der Waals surface area contributed by atoms with Crippen molar-refractivity contribution >= 4 is 0 Å². The van der Waals surface area contributed by atoms with Crippen LogP contribution in [-0.2, 0) is 0 Å². The molecule has 0 saturated carbocycles. The third-order valence-corrected chi connectivity index (χ3v) is 3.53. The highest BCUT2D eigenvalue weighted by atomic mass is 19.1. The molecule has 2 nitrogen and oxygen atoms in total. The predicted octanol–water partition coefficient (Wildman–Crippen LogP) is 3.76. The first-order valence-electron chi connectivity index (χ1n) is 6.79. The van der Waals surface area contributed by atoms with E-state index in [0.29, 0.717) is 0 Å². The first-order valence-corrected chi connectivity index (χ1v) is 6.79. The lowest BCUT2D eigenvalue weighted by molar-refractivity contribution is 0.562. The molecule has 0 radical (unpaired) electrons. The molecule has 1 aromatic heterocycles. The lowest BCUT2D eigenvalue weighted by Gasteiger charge is -2.21. The quantitative estimate of drug-likeness (QED) is 0.824. The van der Waals surface area contributed by atoms with Crippen LogP contribution in [0.5, 0.6) is 0 Å². The zero-order valence-electron chi connectivity index (χ0n) is 11.0. The highest BCUT2D eigenvalue weighted by Crippen LogP contribution is 2.27. The molecule has 0 aromatic carbocycles. The van der Waals surface area contributed by atoms with Crippen molar-refractivity contribution in [2.75, 3.05) is 7.05 Å². The van der Waals surface area contributed by atoms with Gasteiger partial charge in [-0.2, -0.15) is 0 Å². The first kappa shape index (κ1) is 13.2. The van der Waals surface area contributed by atoms with Crippen LogP contribution in [0.4, 0.5) is 4.39 Å². The Morgan fingerprint density at radius 2 is 2.06 bits per heavy atom. The molecule has 18 heavy (non-hydrogen) atoms. The van der Waals surface area contributed by atoms with E-state index in [4.69, 9.17) is 0 Å². The number of aromatic nitrogens is 1. The molecular weight excluding hydrogens is 227 g/mol. The minimum atomic E-state index is -0.278. The van der Waals surface area contributed by atoms with Gasteiger partial charge in [0.05, 0.1) is 17.9 Å². The largest absolute Gasteiger partial charge is 0.308 e. The minimum absolute atomic E-state index is 0.128. The van der Waals surface area contributed by atoms with Gasteiger partial charge in [-0.05, 0) is 44.9 Å². The number of hydrogen-bond acceptors (Lipinski definition) is 2. The van der Waals surface area contributed by atoms with Gasteiger partial charge < -0.3 is 5.32 Å². The number of rotatable bonds is 3. The molecule has 0 spiro atoms. The smallest absolute Gasteiger partial charge is 0.141 e. The van der Waals surface area contributed by atoms with Gasteiger partial charge in [-0.15, -0.1) is 0 Å². The maximum absolute atomic E-state index is 12.9. The first-order chi connectivity index (χ1) is 8.81. The van der Waals surface area contributed by atoms with Crippen LogP contribution >= 0.6 is 0 Å². The van der Waals surface area contributed by atoms with Crippen LogP contribution in [0.15, 0.2) is 30.0 Å². The summed E-state index contributed by atoms with van der Waals surface area (Å²) in [6.07, 6.45) is 11.1. The number of likely N-dealkylation sites (N-methyl/N-ethyl adjacent to an activating group) is 1. The van der Waals surface area contributed by atoms with Crippen LogP contribution in [0.3, 0.4) is 0 Å². The van der Waals surface area contributed by atoms with Gasteiger partial charge in [0.25, 0.3) is 0 Å². The summed E-state index contributed by atoms with van der Waals surface area (Å²) in [5.41, 5.74) is 2.31. The normalized spacial score (nSPS) is 21.6. The minimum Gasteiger partial charge on any atom is -0.308 e. The maximum atomic E-state index is 12.9. The molecule has 3 heteroatoms. The predicted molar refractivity (Wildman–Crippen MR) is 71.8 cm³/mol. The molecule has 1 unspecified atom stereocenters. The Labute approximate surface area is 108 Å². The highest BCUT2D eigenvalue weighted by molar-refractivity contribution is 5.23. The Morgan fingerprint density at radius 3 is 2.78 bits per heavy atom. The SMILES string of the molecule is CNC(/C1=C/CCCCCC1)c1ccc(F)cn1. The Kier molecular flexibility index (Phi) is 4.88. The average Bonchev–Trinajstić information content (AvgIpc) is 2.34. The molecule has 0 saturated heterocycles. The van der Waals surface area contributed by atoms with E-state index >= 15 is 0 Å². The van der Waals surface area contributed by atoms with Crippen molar-refractivity contribution < 1.29 is 4.39 Å². The number of pyridine rings is 1. The molecule has 1 aliphatic carbocycles. The Hall–Kier alpha value is -1.22. The summed E-state index contributed by atoms with van der Waals surface area (Å²) in [5, 5.41) is 3.30. The zero-order valence-corrected chi connectivity index (χ0v) is 11.0. The van der Waals surface area contributed by atoms with Gasteiger partial charge in [0.2, 0.25) is 0 Å². The maximum Gasteiger partial charge on any atom is 0.141 e. The van der Waals surface area contributed by atoms with Crippen LogP contribution in [0.1, 0.15) is 50.3 Å². The van der Waals surface area contributed by atoms with Crippen molar-refractivity contribution in [3.05, 3.63) is 41.5 Å². The van der Waals surface area contributed by atoms with E-state index in [2.05, 4.69) is 16.4 Å². The number of hydrogen-bond donors (Lipinski definition) is 1. The van der Waals surface area contributed by atoms with Gasteiger partial charge in [-0.1, -0.05) is 24.5 Å². The number of nitrogens with zero attached hydrogens (tertiary/aromatic N) is 1. The molecular formula is C15H21FN2. The summed E-state index contributed by atoms with van der Waals surface area (Å²) >= 11 is 0. The van der Waals surface area contributed by atoms with Crippen molar-refractivity contribution in [3.63, 3.8) is 0 Å². The molecule has 0 aliphatic heterocycles. The lowest BCUT2D eigenvalue weighted by atomic mass is 9.93. The molecule has 1 heterocycles. The molecule has 0 fully saturated rings. The van der Waals surface area contributed by atoms with Gasteiger partial charge in [0, 0.05) is 0 Å². The second kappa shape index (κ2) is 6.64. The van der Waals surface area contributed by atoms with E-state index in [1.54, 1.807) is 6.07 Å². The topological polar surface area (TPSA) is 24.9 Å². The Balaban J connectivity index is 2.18. The van der Waals surface area contributed by atoms with Gasteiger partial charge in [0.15, 0.2) is 0 Å². The van der Waals surface area contributed by atoms with Crippen molar-refractivity contribution in [2.24, 2.45) is 0 Å². The molecule has 1 N–H and O–H groups in total. The highest BCUT2D eigenvalue weighted by Gasteiger charge is 2.16. The van der Waals surface area contributed by atoms with Crippen LogP contribution < -0.4 is 5.32 Å². The Morgan fingerprint density at radius 1 is 1.22 bits per heavy atom. The second-order valence-corrected chi connectivity index (χ2v) is 4.85. The summed E-state index contributed by atoms with van der Waals surface area (Å²) in [6, 6.07) is 3.38. The average molecular weight is 248 g/mol. The van der Waals surface area contributed by atoms with Crippen molar-refractivity contribution in [3.8, 4) is 0 Å². The molecule has 0 bridgehead atoms. The van der Waals surface area contributed by atoms with Crippen LogP contribution in [0, 0.1) is 5.82 Å². The Bertz CT molecular complexity index is 397. The zero-order chi connectivity index (χ0) is 12.8. The van der Waals surface area contributed by atoms with Gasteiger partial charge in [-0.25, -0.2) is 4.39 Å². The molecule has 1 aliphatic rings. The lowest BCUT2D eigenvalue weighted by Crippen LogP contribution is -2.20. The third kappa shape index (κ3) is 3.39.